The van der Waals surface area contributed by atoms with E-state index in [9.17, 15) is 9.59 Å². The first kappa shape index (κ1) is 35.9. The molecule has 0 aromatic heterocycles. The van der Waals surface area contributed by atoms with Gasteiger partial charge in [-0.1, -0.05) is 11.8 Å². The van der Waals surface area contributed by atoms with Crippen LogP contribution in [0.5, 0.6) is 11.5 Å². The van der Waals surface area contributed by atoms with Crippen molar-refractivity contribution in [2.75, 3.05) is 26.4 Å². The third kappa shape index (κ3) is 14.1. The minimum absolute atomic E-state index is 0.176. The van der Waals surface area contributed by atoms with Crippen molar-refractivity contribution in [2.45, 2.75) is 64.2 Å². The van der Waals surface area contributed by atoms with Crippen molar-refractivity contribution < 1.29 is 36.8 Å². The minimum Gasteiger partial charge on any atom is -0.481 e. The number of esters is 2. The van der Waals surface area contributed by atoms with Crippen molar-refractivity contribution in [1.82, 2.24) is 0 Å². The van der Waals surface area contributed by atoms with Crippen LogP contribution in [0.2, 0.25) is 51.4 Å². The SMILES string of the molecule is C#CCOc1ccc(C(=O)OCCC[Si](C)(C)O[Si](C)(C)O[Si](C)(C)CCCOC(=O)c2ccc(OCC#C)cc2)cc1. The molecule has 2 rings (SSSR count). The number of rotatable bonds is 18. The summed E-state index contributed by atoms with van der Waals surface area (Å²) < 4.78 is 34.9. The van der Waals surface area contributed by atoms with Crippen molar-refractivity contribution in [3.63, 3.8) is 0 Å². The van der Waals surface area contributed by atoms with Gasteiger partial charge < -0.3 is 27.2 Å². The molecule has 0 fully saturated rings. The zero-order valence-corrected chi connectivity index (χ0v) is 29.2. The molecule has 0 unspecified atom stereocenters. The smallest absolute Gasteiger partial charge is 0.338 e. The van der Waals surface area contributed by atoms with E-state index in [1.54, 1.807) is 48.5 Å². The lowest BCUT2D eigenvalue weighted by molar-refractivity contribution is 0.0495. The van der Waals surface area contributed by atoms with Crippen LogP contribution >= 0.6 is 0 Å². The van der Waals surface area contributed by atoms with Crippen molar-refractivity contribution in [1.29, 1.82) is 0 Å². The molecule has 11 heteroatoms. The fraction of sp³-hybridized carbons (Fsp3) is 0.438. The second kappa shape index (κ2) is 17.1. The summed E-state index contributed by atoms with van der Waals surface area (Å²) in [5, 5.41) is 0. The van der Waals surface area contributed by atoms with Gasteiger partial charge in [-0.05, 0) is 113 Å². The third-order valence-corrected chi connectivity index (χ3v) is 17.6. The first-order chi connectivity index (χ1) is 20.3. The Morgan fingerprint density at radius 3 is 1.30 bits per heavy atom. The van der Waals surface area contributed by atoms with E-state index in [0.29, 0.717) is 48.7 Å². The summed E-state index contributed by atoms with van der Waals surface area (Å²) in [6.45, 7) is 13.8. The Balaban J connectivity index is 1.71. The summed E-state index contributed by atoms with van der Waals surface area (Å²) in [6, 6.07) is 15.1. The number of hydrogen-bond donors (Lipinski definition) is 0. The Kier molecular flexibility index (Phi) is 14.3. The normalized spacial score (nSPS) is 11.6. The number of ether oxygens (including phenoxy) is 4. The number of carbonyl (C=O) groups is 2. The topological polar surface area (TPSA) is 89.5 Å². The molecule has 8 nitrogen and oxygen atoms in total. The summed E-state index contributed by atoms with van der Waals surface area (Å²) in [5.74, 6) is 5.27. The molecule has 2 aromatic carbocycles. The molecule has 0 atom stereocenters. The van der Waals surface area contributed by atoms with Crippen LogP contribution in [0.3, 0.4) is 0 Å². The molecule has 2 aromatic rings. The highest BCUT2D eigenvalue weighted by Gasteiger charge is 2.39. The van der Waals surface area contributed by atoms with Crippen LogP contribution in [0.15, 0.2) is 48.5 Å². The Bertz CT molecular complexity index is 1160. The quantitative estimate of drug-likeness (QED) is 0.0775. The van der Waals surface area contributed by atoms with Crippen LogP contribution in [0.4, 0.5) is 0 Å². The number of terminal acetylenes is 2. The second-order valence-corrected chi connectivity index (χ2v) is 24.1. The molecular formula is C32H44O8Si3. The Morgan fingerprint density at radius 1 is 0.628 bits per heavy atom. The average Bonchev–Trinajstić information content (AvgIpc) is 2.94. The van der Waals surface area contributed by atoms with E-state index in [0.717, 1.165) is 12.1 Å². The lowest BCUT2D eigenvalue weighted by Crippen LogP contribution is -2.52. The summed E-state index contributed by atoms with van der Waals surface area (Å²) in [7, 11) is -6.54. The van der Waals surface area contributed by atoms with Crippen LogP contribution in [0.1, 0.15) is 33.6 Å². The van der Waals surface area contributed by atoms with Crippen molar-refractivity contribution in [2.24, 2.45) is 0 Å². The van der Waals surface area contributed by atoms with E-state index in [4.69, 9.17) is 40.0 Å². The van der Waals surface area contributed by atoms with Gasteiger partial charge in [0.2, 0.25) is 0 Å². The fourth-order valence-electron chi connectivity index (χ4n) is 4.57. The zero-order valence-electron chi connectivity index (χ0n) is 26.2. The zero-order chi connectivity index (χ0) is 31.9. The highest BCUT2D eigenvalue weighted by atomic mass is 28.5. The van der Waals surface area contributed by atoms with E-state index in [-0.39, 0.29) is 25.2 Å². The molecule has 0 bridgehead atoms. The summed E-state index contributed by atoms with van der Waals surface area (Å²) in [4.78, 5) is 24.8. The largest absolute Gasteiger partial charge is 0.481 e. The minimum atomic E-state index is -2.41. The number of benzene rings is 2. The molecule has 0 radical (unpaired) electrons. The lowest BCUT2D eigenvalue weighted by Gasteiger charge is -2.38. The van der Waals surface area contributed by atoms with Crippen molar-refractivity contribution >= 4 is 37.1 Å². The molecule has 0 N–H and O–H groups in total. The predicted molar refractivity (Wildman–Crippen MR) is 176 cm³/mol. The Morgan fingerprint density at radius 2 is 0.977 bits per heavy atom. The second-order valence-electron chi connectivity index (χ2n) is 11.6. The summed E-state index contributed by atoms with van der Waals surface area (Å²) in [6.07, 6.45) is 11.8. The van der Waals surface area contributed by atoms with Gasteiger partial charge in [0.15, 0.2) is 16.6 Å². The first-order valence-corrected chi connectivity index (χ1v) is 23.4. The lowest BCUT2D eigenvalue weighted by atomic mass is 10.2. The molecule has 0 aliphatic carbocycles. The van der Waals surface area contributed by atoms with Gasteiger partial charge in [-0.2, -0.15) is 0 Å². The van der Waals surface area contributed by atoms with E-state index in [1.807, 2.05) is 0 Å². The van der Waals surface area contributed by atoms with Crippen LogP contribution < -0.4 is 9.47 Å². The van der Waals surface area contributed by atoms with Gasteiger partial charge in [0.05, 0.1) is 24.3 Å². The molecule has 0 aliphatic heterocycles. The summed E-state index contributed by atoms with van der Waals surface area (Å²) in [5.41, 5.74) is 0.927. The van der Waals surface area contributed by atoms with E-state index < -0.39 is 25.2 Å². The molecule has 43 heavy (non-hydrogen) atoms. The highest BCUT2D eigenvalue weighted by Crippen LogP contribution is 2.26. The summed E-state index contributed by atoms with van der Waals surface area (Å²) >= 11 is 0. The monoisotopic (exact) mass is 640 g/mol. The molecule has 0 saturated heterocycles. The van der Waals surface area contributed by atoms with Crippen molar-refractivity contribution in [3.05, 3.63) is 59.7 Å². The van der Waals surface area contributed by atoms with Crippen LogP contribution in [0.25, 0.3) is 0 Å². The van der Waals surface area contributed by atoms with Gasteiger partial charge in [0.25, 0.3) is 0 Å². The number of carbonyl (C=O) groups excluding carboxylic acids is 2. The average molecular weight is 641 g/mol. The molecule has 0 amide bonds. The standard InChI is InChI=1S/C32H44O8Si3/c1-9-21-35-29-17-13-27(14-18-29)31(33)37-23-11-25-41(3,4)39-43(7,8)40-42(5,6)26-12-24-38-32(34)28-15-19-30(20-16-28)36-22-10-2/h1-2,13-20H,11-12,21-26H2,3-8H3. The molecule has 232 valence electrons. The Hall–Kier alpha value is -3.33. The van der Waals surface area contributed by atoms with E-state index in [2.05, 4.69) is 51.1 Å². The van der Waals surface area contributed by atoms with Gasteiger partial charge in [-0.3, -0.25) is 0 Å². The fourth-order valence-corrected chi connectivity index (χ4v) is 18.6. The van der Waals surface area contributed by atoms with Gasteiger partial charge >= 0.3 is 20.5 Å². The van der Waals surface area contributed by atoms with Crippen LogP contribution in [0, 0.1) is 24.7 Å². The van der Waals surface area contributed by atoms with Gasteiger partial charge in [0, 0.05) is 0 Å². The third-order valence-electron chi connectivity index (χ3n) is 6.18. The van der Waals surface area contributed by atoms with Gasteiger partial charge in [-0.25, -0.2) is 9.59 Å². The highest BCUT2D eigenvalue weighted by molar-refractivity contribution is 6.87. The number of hydrogen-bond acceptors (Lipinski definition) is 8. The maximum Gasteiger partial charge on any atom is 0.338 e. The molecule has 0 heterocycles. The van der Waals surface area contributed by atoms with E-state index >= 15 is 0 Å². The maximum absolute atomic E-state index is 12.4. The predicted octanol–water partition coefficient (Wildman–Crippen LogP) is 6.65. The molecule has 0 aliphatic rings. The van der Waals surface area contributed by atoms with Gasteiger partial charge in [0.1, 0.15) is 24.7 Å². The van der Waals surface area contributed by atoms with Gasteiger partial charge in [-0.15, -0.1) is 12.8 Å². The van der Waals surface area contributed by atoms with E-state index in [1.165, 1.54) is 0 Å². The first-order valence-electron chi connectivity index (χ1n) is 14.3. The molecule has 0 saturated carbocycles. The molecule has 0 spiro atoms. The van der Waals surface area contributed by atoms with Crippen LogP contribution in [-0.2, 0) is 17.7 Å². The van der Waals surface area contributed by atoms with Crippen molar-refractivity contribution in [3.8, 4) is 36.2 Å². The molecular weight excluding hydrogens is 597 g/mol. The maximum atomic E-state index is 12.4. The Labute approximate surface area is 259 Å². The van der Waals surface area contributed by atoms with Crippen LogP contribution in [-0.4, -0.2) is 63.6 Å².